The van der Waals surface area contributed by atoms with E-state index in [0.29, 0.717) is 51.0 Å². The Balaban J connectivity index is 1.40. The summed E-state index contributed by atoms with van der Waals surface area (Å²) in [5.41, 5.74) is 0.253. The zero-order valence-corrected chi connectivity index (χ0v) is 21.1. The molecule has 3 aliphatic heterocycles. The van der Waals surface area contributed by atoms with E-state index < -0.39 is 23.2 Å². The number of carbonyl (C=O) groups excluding carboxylic acids is 1. The highest BCUT2D eigenvalue weighted by Gasteiger charge is 2.49. The minimum Gasteiger partial charge on any atom is -0.384 e. The second kappa shape index (κ2) is 10.2. The lowest BCUT2D eigenvalue weighted by molar-refractivity contribution is -0.152. The topological polar surface area (TPSA) is 53.0 Å². The van der Waals surface area contributed by atoms with Gasteiger partial charge in [-0.05, 0) is 30.0 Å². The normalized spacial score (nSPS) is 32.1. The van der Waals surface area contributed by atoms with Crippen molar-refractivity contribution in [2.45, 2.75) is 44.2 Å². The van der Waals surface area contributed by atoms with Crippen LogP contribution in [0.5, 0.6) is 0 Å². The fraction of sp³-hybridized carbons (Fsp3) is 0.552. The van der Waals surface area contributed by atoms with Gasteiger partial charge >= 0.3 is 0 Å². The van der Waals surface area contributed by atoms with Crippen LogP contribution >= 0.6 is 0 Å². The molecule has 4 atom stereocenters. The molecule has 0 aromatic heterocycles. The monoisotopic (exact) mass is 498 g/mol. The number of rotatable bonds is 4. The maximum atomic E-state index is 14.9. The van der Waals surface area contributed by atoms with Gasteiger partial charge < -0.3 is 14.7 Å². The molecular formula is C29H36F2N2O3. The molecule has 5 nitrogen and oxygen atoms in total. The minimum atomic E-state index is -1.02. The largest absolute Gasteiger partial charge is 0.384 e. The zero-order valence-electron chi connectivity index (χ0n) is 21.1. The Morgan fingerprint density at radius 3 is 2.28 bits per heavy atom. The van der Waals surface area contributed by atoms with Crippen molar-refractivity contribution in [2.75, 3.05) is 39.4 Å². The molecule has 0 aliphatic carbocycles. The van der Waals surface area contributed by atoms with Crippen molar-refractivity contribution in [3.63, 3.8) is 0 Å². The summed E-state index contributed by atoms with van der Waals surface area (Å²) in [6.07, 6.45) is 1.78. The number of nitrogens with zero attached hydrogens (tertiary/aromatic N) is 2. The van der Waals surface area contributed by atoms with Crippen LogP contribution in [0.2, 0.25) is 0 Å². The zero-order chi connectivity index (χ0) is 25.4. The predicted octanol–water partition coefficient (Wildman–Crippen LogP) is 4.16. The number of halogens is 2. The fourth-order valence-corrected chi connectivity index (χ4v) is 6.74. The van der Waals surface area contributed by atoms with E-state index >= 15 is 0 Å². The molecule has 2 unspecified atom stereocenters. The van der Waals surface area contributed by atoms with Gasteiger partial charge in [-0.1, -0.05) is 50.2 Å². The lowest BCUT2D eigenvalue weighted by Crippen LogP contribution is -2.57. The Bertz CT molecular complexity index is 1060. The first-order chi connectivity index (χ1) is 17.3. The number of carbonyl (C=O) groups is 1. The van der Waals surface area contributed by atoms with Crippen molar-refractivity contribution >= 4 is 5.91 Å². The first kappa shape index (κ1) is 25.3. The molecule has 36 heavy (non-hydrogen) atoms. The summed E-state index contributed by atoms with van der Waals surface area (Å²) in [7, 11) is 0. The second-order valence-corrected chi connectivity index (χ2v) is 10.9. The summed E-state index contributed by atoms with van der Waals surface area (Å²) in [6, 6.07) is 13.7. The van der Waals surface area contributed by atoms with Crippen LogP contribution in [0.3, 0.4) is 0 Å². The van der Waals surface area contributed by atoms with Crippen LogP contribution in [0.25, 0.3) is 0 Å². The van der Waals surface area contributed by atoms with E-state index in [4.69, 9.17) is 4.74 Å². The first-order valence-electron chi connectivity index (χ1n) is 13.1. The third-order valence-electron chi connectivity index (χ3n) is 8.77. The first-order valence-corrected chi connectivity index (χ1v) is 13.1. The van der Waals surface area contributed by atoms with Crippen molar-refractivity contribution in [1.29, 1.82) is 0 Å². The minimum absolute atomic E-state index is 0.00732. The molecule has 0 bridgehead atoms. The number of likely N-dealkylation sites (tertiary alicyclic amines) is 2. The van der Waals surface area contributed by atoms with Crippen LogP contribution in [-0.4, -0.2) is 66.2 Å². The van der Waals surface area contributed by atoms with E-state index in [1.54, 1.807) is 0 Å². The highest BCUT2D eigenvalue weighted by molar-refractivity contribution is 5.81. The van der Waals surface area contributed by atoms with Crippen LogP contribution in [0.4, 0.5) is 8.78 Å². The smallest absolute Gasteiger partial charge is 0.227 e. The molecule has 3 saturated heterocycles. The summed E-state index contributed by atoms with van der Waals surface area (Å²) in [5, 5.41) is 11.7. The van der Waals surface area contributed by atoms with E-state index in [0.717, 1.165) is 24.5 Å². The van der Waals surface area contributed by atoms with Gasteiger partial charge in [0, 0.05) is 69.3 Å². The molecule has 3 heterocycles. The maximum absolute atomic E-state index is 14.9. The fourth-order valence-electron chi connectivity index (χ4n) is 6.74. The van der Waals surface area contributed by atoms with Crippen molar-refractivity contribution in [2.24, 2.45) is 17.8 Å². The second-order valence-electron chi connectivity index (χ2n) is 10.9. The number of ether oxygens (including phenoxy) is 1. The molecule has 1 N–H and O–H groups in total. The van der Waals surface area contributed by atoms with Crippen molar-refractivity contribution < 1.29 is 23.4 Å². The van der Waals surface area contributed by atoms with Gasteiger partial charge in [-0.3, -0.25) is 9.69 Å². The summed E-state index contributed by atoms with van der Waals surface area (Å²) in [5.74, 6) is -2.31. The van der Waals surface area contributed by atoms with E-state index in [2.05, 4.69) is 4.90 Å². The van der Waals surface area contributed by atoms with Gasteiger partial charge in [-0.15, -0.1) is 0 Å². The molecule has 5 rings (SSSR count). The average Bonchev–Trinajstić information content (AvgIpc) is 3.32. The van der Waals surface area contributed by atoms with Crippen LogP contribution < -0.4 is 0 Å². The van der Waals surface area contributed by atoms with Crippen LogP contribution in [0.1, 0.15) is 43.7 Å². The Morgan fingerprint density at radius 1 is 0.972 bits per heavy atom. The Labute approximate surface area is 212 Å². The number of aliphatic hydroxyl groups is 1. The Kier molecular flexibility index (Phi) is 7.16. The third kappa shape index (κ3) is 4.57. The highest BCUT2D eigenvalue weighted by atomic mass is 19.1. The predicted molar refractivity (Wildman–Crippen MR) is 133 cm³/mol. The molecule has 3 fully saturated rings. The number of hydrogen-bond acceptors (Lipinski definition) is 4. The molecule has 2 aromatic carbocycles. The van der Waals surface area contributed by atoms with E-state index in [1.807, 2.05) is 49.1 Å². The van der Waals surface area contributed by atoms with E-state index in [9.17, 15) is 18.7 Å². The molecule has 0 saturated carbocycles. The Morgan fingerprint density at radius 2 is 1.64 bits per heavy atom. The summed E-state index contributed by atoms with van der Waals surface area (Å²) in [6.45, 7) is 7.33. The lowest BCUT2D eigenvalue weighted by atomic mass is 9.70. The molecule has 7 heteroatoms. The third-order valence-corrected chi connectivity index (χ3v) is 8.77. The summed E-state index contributed by atoms with van der Waals surface area (Å²) >= 11 is 0. The number of benzene rings is 2. The molecule has 194 valence electrons. The molecule has 0 radical (unpaired) electrons. The van der Waals surface area contributed by atoms with Crippen molar-refractivity contribution in [3.05, 3.63) is 71.3 Å². The van der Waals surface area contributed by atoms with Crippen molar-refractivity contribution in [3.8, 4) is 0 Å². The van der Waals surface area contributed by atoms with Crippen LogP contribution in [0, 0.1) is 29.4 Å². The molecular weight excluding hydrogens is 462 g/mol. The number of amides is 1. The molecule has 3 aliphatic rings. The maximum Gasteiger partial charge on any atom is 0.227 e. The van der Waals surface area contributed by atoms with E-state index in [1.165, 1.54) is 12.1 Å². The average molecular weight is 499 g/mol. The summed E-state index contributed by atoms with van der Waals surface area (Å²) in [4.78, 5) is 18.2. The van der Waals surface area contributed by atoms with Gasteiger partial charge in [0.05, 0.1) is 11.5 Å². The van der Waals surface area contributed by atoms with E-state index in [-0.39, 0.29) is 23.7 Å². The number of piperidine rings is 1. The molecule has 0 spiro atoms. The standard InChI is InChI=1S/C29H36F2N2O3/c1-19-15-33(16-20(2)29(19,35)21-6-4-3-5-7-21)28(34)26-18-32(23-10-12-36-13-11-23)17-25(26)24-9-8-22(30)14-27(24)31/h3-9,14,19-20,23,25-26,35H,10-13,15-18H2,1-2H3/t19?,20?,25-,26+,29?/m0/s1. The lowest BCUT2D eigenvalue weighted by Gasteiger charge is -2.48. The van der Waals surface area contributed by atoms with Crippen LogP contribution in [-0.2, 0) is 15.1 Å². The molecule has 2 aromatic rings. The van der Waals surface area contributed by atoms with Gasteiger partial charge in [0.25, 0.3) is 0 Å². The number of hydrogen-bond donors (Lipinski definition) is 1. The van der Waals surface area contributed by atoms with Crippen LogP contribution in [0.15, 0.2) is 48.5 Å². The summed E-state index contributed by atoms with van der Waals surface area (Å²) < 4.78 is 34.1. The van der Waals surface area contributed by atoms with Gasteiger partial charge in [0.15, 0.2) is 0 Å². The SMILES string of the molecule is CC1CN(C(=O)[C@@H]2CN(C3CCOCC3)C[C@H]2c2ccc(F)cc2F)CC(C)C1(O)c1ccccc1. The van der Waals surface area contributed by atoms with Crippen molar-refractivity contribution in [1.82, 2.24) is 9.80 Å². The quantitative estimate of drug-likeness (QED) is 0.688. The van der Waals surface area contributed by atoms with Gasteiger partial charge in [0.1, 0.15) is 11.6 Å². The Hall–Kier alpha value is -2.35. The van der Waals surface area contributed by atoms with Gasteiger partial charge in [-0.25, -0.2) is 8.78 Å². The van der Waals surface area contributed by atoms with Gasteiger partial charge in [0.2, 0.25) is 5.91 Å². The van der Waals surface area contributed by atoms with Gasteiger partial charge in [-0.2, -0.15) is 0 Å². The highest BCUT2D eigenvalue weighted by Crippen LogP contribution is 2.43. The molecule has 1 amide bonds.